The Bertz CT molecular complexity index is 751. The number of hydrogen-bond donors (Lipinski definition) is 1. The topological polar surface area (TPSA) is 42.0 Å². The summed E-state index contributed by atoms with van der Waals surface area (Å²) in [5, 5.41) is 1.87. The van der Waals surface area contributed by atoms with Crippen molar-refractivity contribution in [3.05, 3.63) is 59.3 Å². The molecule has 0 bridgehead atoms. The first-order valence-electron chi connectivity index (χ1n) is 6.64. The molecule has 9 heteroatoms. The summed E-state index contributed by atoms with van der Waals surface area (Å²) < 4.78 is 64.1. The number of hydrogen-bond acceptors (Lipinski definition) is 3. The molecule has 2 aromatic rings. The van der Waals surface area contributed by atoms with Crippen molar-refractivity contribution in [1.82, 2.24) is 10.3 Å². The van der Waals surface area contributed by atoms with E-state index in [1.807, 2.05) is 0 Å². The Labute approximate surface area is 138 Å². The number of halogens is 5. The van der Waals surface area contributed by atoms with Gasteiger partial charge in [-0.15, -0.1) is 0 Å². The van der Waals surface area contributed by atoms with Crippen LogP contribution in [0, 0.1) is 11.6 Å². The van der Waals surface area contributed by atoms with Crippen LogP contribution in [0.1, 0.15) is 28.9 Å². The van der Waals surface area contributed by atoms with Gasteiger partial charge < -0.3 is 5.32 Å². The third kappa shape index (κ3) is 4.67. The third-order valence-corrected chi connectivity index (χ3v) is 3.75. The van der Waals surface area contributed by atoms with Crippen LogP contribution in [0.3, 0.4) is 0 Å². The number of rotatable bonds is 4. The van der Waals surface area contributed by atoms with Gasteiger partial charge in [0.2, 0.25) is 0 Å². The summed E-state index contributed by atoms with van der Waals surface area (Å²) >= 11 is -0.512. The molecule has 2 rings (SSSR count). The van der Waals surface area contributed by atoms with Gasteiger partial charge in [-0.25, -0.2) is 13.8 Å². The van der Waals surface area contributed by atoms with E-state index < -0.39 is 45.9 Å². The number of thioether (sulfide) groups is 1. The van der Waals surface area contributed by atoms with Gasteiger partial charge >= 0.3 is 5.51 Å². The maximum Gasteiger partial charge on any atom is 0.447 e. The summed E-state index contributed by atoms with van der Waals surface area (Å²) in [7, 11) is 0. The van der Waals surface area contributed by atoms with Crippen molar-refractivity contribution in [1.29, 1.82) is 0 Å². The van der Waals surface area contributed by atoms with Gasteiger partial charge in [0.25, 0.3) is 5.91 Å². The lowest BCUT2D eigenvalue weighted by Gasteiger charge is -2.16. The molecule has 0 saturated heterocycles. The minimum Gasteiger partial charge on any atom is -0.345 e. The molecule has 0 aliphatic carbocycles. The van der Waals surface area contributed by atoms with E-state index in [0.29, 0.717) is 6.07 Å². The van der Waals surface area contributed by atoms with Crippen molar-refractivity contribution in [2.24, 2.45) is 0 Å². The predicted molar refractivity (Wildman–Crippen MR) is 78.4 cm³/mol. The highest BCUT2D eigenvalue weighted by molar-refractivity contribution is 8.00. The molecule has 128 valence electrons. The number of aromatic nitrogens is 1. The smallest absolute Gasteiger partial charge is 0.345 e. The second-order valence-electron chi connectivity index (χ2n) is 4.76. The fourth-order valence-corrected chi connectivity index (χ4v) is 2.56. The Balaban J connectivity index is 2.21. The van der Waals surface area contributed by atoms with Crippen LogP contribution in [0.4, 0.5) is 22.0 Å². The Morgan fingerprint density at radius 3 is 2.58 bits per heavy atom. The van der Waals surface area contributed by atoms with E-state index >= 15 is 0 Å². The van der Waals surface area contributed by atoms with Crippen molar-refractivity contribution in [2.75, 3.05) is 0 Å². The summed E-state index contributed by atoms with van der Waals surface area (Å²) in [5.41, 5.74) is -4.87. The van der Waals surface area contributed by atoms with Gasteiger partial charge in [0, 0.05) is 29.6 Å². The monoisotopic (exact) mass is 362 g/mol. The summed E-state index contributed by atoms with van der Waals surface area (Å²) in [6.45, 7) is 1.43. The van der Waals surface area contributed by atoms with Crippen LogP contribution in [0.25, 0.3) is 0 Å². The SMILES string of the molecule is CC(NC(=O)c1cccnc1SC(F)(F)F)c1ccc(F)cc1F. The van der Waals surface area contributed by atoms with Gasteiger partial charge in [-0.2, -0.15) is 13.2 Å². The summed E-state index contributed by atoms with van der Waals surface area (Å²) in [5.74, 6) is -2.48. The minimum absolute atomic E-state index is 0.0127. The second kappa shape index (κ2) is 7.16. The lowest BCUT2D eigenvalue weighted by Crippen LogP contribution is -2.28. The second-order valence-corrected chi connectivity index (χ2v) is 5.82. The molecule has 0 aliphatic rings. The van der Waals surface area contributed by atoms with Gasteiger partial charge in [-0.1, -0.05) is 6.07 Å². The first-order valence-corrected chi connectivity index (χ1v) is 7.45. The molecule has 0 saturated carbocycles. The van der Waals surface area contributed by atoms with Crippen LogP contribution in [-0.2, 0) is 0 Å². The number of amides is 1. The van der Waals surface area contributed by atoms with Crippen molar-refractivity contribution in [3.8, 4) is 0 Å². The van der Waals surface area contributed by atoms with Gasteiger partial charge in [0.15, 0.2) is 0 Å². The van der Waals surface area contributed by atoms with E-state index in [2.05, 4.69) is 10.3 Å². The highest BCUT2D eigenvalue weighted by atomic mass is 32.2. The lowest BCUT2D eigenvalue weighted by atomic mass is 10.1. The minimum atomic E-state index is -4.60. The Morgan fingerprint density at radius 1 is 1.25 bits per heavy atom. The number of pyridine rings is 1. The largest absolute Gasteiger partial charge is 0.447 e. The number of nitrogens with zero attached hydrogens (tertiary/aromatic N) is 1. The van der Waals surface area contributed by atoms with E-state index in [-0.39, 0.29) is 11.1 Å². The highest BCUT2D eigenvalue weighted by Crippen LogP contribution is 2.37. The van der Waals surface area contributed by atoms with Gasteiger partial charge in [-0.3, -0.25) is 4.79 Å². The molecule has 1 aromatic heterocycles. The molecule has 24 heavy (non-hydrogen) atoms. The molecule has 0 aliphatic heterocycles. The molecular formula is C15H11F5N2OS. The van der Waals surface area contributed by atoms with Crippen LogP contribution < -0.4 is 5.32 Å². The number of carbonyl (C=O) groups excluding carboxylic acids is 1. The maximum atomic E-state index is 13.7. The standard InChI is InChI=1S/C15H11F5N2OS/c1-8(10-5-4-9(16)7-12(10)17)22-13(23)11-3-2-6-21-14(11)24-15(18,19)20/h2-8H,1H3,(H,22,23). The molecule has 1 aromatic carbocycles. The molecule has 1 N–H and O–H groups in total. The molecule has 3 nitrogen and oxygen atoms in total. The van der Waals surface area contributed by atoms with Gasteiger partial charge in [0.1, 0.15) is 16.7 Å². The zero-order valence-corrected chi connectivity index (χ0v) is 13.0. The molecule has 0 radical (unpaired) electrons. The summed E-state index contributed by atoms with van der Waals surface area (Å²) in [6, 6.07) is 4.47. The quantitative estimate of drug-likeness (QED) is 0.645. The average Bonchev–Trinajstić information content (AvgIpc) is 2.45. The molecule has 1 heterocycles. The van der Waals surface area contributed by atoms with E-state index in [1.54, 1.807) is 0 Å². The van der Waals surface area contributed by atoms with Crippen LogP contribution in [-0.4, -0.2) is 16.4 Å². The molecule has 1 amide bonds. The van der Waals surface area contributed by atoms with Crippen molar-refractivity contribution in [2.45, 2.75) is 23.5 Å². The third-order valence-electron chi connectivity index (χ3n) is 3.00. The molecule has 0 spiro atoms. The van der Waals surface area contributed by atoms with Crippen LogP contribution in [0.15, 0.2) is 41.6 Å². The van der Waals surface area contributed by atoms with E-state index in [1.165, 1.54) is 19.1 Å². The lowest BCUT2D eigenvalue weighted by molar-refractivity contribution is -0.0329. The molecular weight excluding hydrogens is 351 g/mol. The zero-order valence-electron chi connectivity index (χ0n) is 12.2. The zero-order chi connectivity index (χ0) is 17.9. The van der Waals surface area contributed by atoms with E-state index in [0.717, 1.165) is 18.3 Å². The maximum absolute atomic E-state index is 13.7. The Morgan fingerprint density at radius 2 is 1.96 bits per heavy atom. The molecule has 0 fully saturated rings. The Hall–Kier alpha value is -2.16. The first-order chi connectivity index (χ1) is 11.2. The van der Waals surface area contributed by atoms with Crippen LogP contribution in [0.5, 0.6) is 0 Å². The first kappa shape index (κ1) is 18.2. The number of alkyl halides is 3. The normalized spacial score (nSPS) is 12.8. The fraction of sp³-hybridized carbons (Fsp3) is 0.200. The number of nitrogens with one attached hydrogen (secondary N) is 1. The van der Waals surface area contributed by atoms with Crippen molar-refractivity contribution in [3.63, 3.8) is 0 Å². The molecule has 1 unspecified atom stereocenters. The number of benzene rings is 1. The summed E-state index contributed by atoms with van der Waals surface area (Å²) in [4.78, 5) is 15.7. The van der Waals surface area contributed by atoms with Crippen molar-refractivity contribution < 1.29 is 26.7 Å². The van der Waals surface area contributed by atoms with Crippen LogP contribution in [0.2, 0.25) is 0 Å². The van der Waals surface area contributed by atoms with Gasteiger partial charge in [-0.05, 0) is 25.1 Å². The highest BCUT2D eigenvalue weighted by Gasteiger charge is 2.32. The average molecular weight is 362 g/mol. The van der Waals surface area contributed by atoms with Crippen LogP contribution >= 0.6 is 11.8 Å². The predicted octanol–water partition coefficient (Wildman–Crippen LogP) is 4.46. The van der Waals surface area contributed by atoms with E-state index in [4.69, 9.17) is 0 Å². The Kier molecular flexibility index (Phi) is 5.43. The summed E-state index contributed by atoms with van der Waals surface area (Å²) in [6.07, 6.45) is 1.13. The van der Waals surface area contributed by atoms with E-state index in [9.17, 15) is 26.7 Å². The fourth-order valence-electron chi connectivity index (χ4n) is 1.96. The number of carbonyl (C=O) groups is 1. The van der Waals surface area contributed by atoms with Crippen molar-refractivity contribution >= 4 is 17.7 Å². The van der Waals surface area contributed by atoms with Gasteiger partial charge in [0.05, 0.1) is 11.6 Å². The molecule has 1 atom stereocenters.